The normalized spacial score (nSPS) is 34.6. The molecule has 0 saturated heterocycles. The van der Waals surface area contributed by atoms with Crippen molar-refractivity contribution in [1.29, 1.82) is 0 Å². The molecule has 4 aliphatic carbocycles. The Kier molecular flexibility index (Phi) is 4.59. The zero-order chi connectivity index (χ0) is 18.5. The Morgan fingerprint density at radius 2 is 1.92 bits per heavy atom. The molecule has 0 heterocycles. The zero-order valence-electron chi connectivity index (χ0n) is 14.9. The SMILES string of the molecule is CNC(=O)c1cc(NC(=O)CC23CC4CC(CC(Br)(C4)C2)C3)ccc1Cl. The summed E-state index contributed by atoms with van der Waals surface area (Å²) < 4.78 is 0.254. The van der Waals surface area contributed by atoms with E-state index >= 15 is 0 Å². The van der Waals surface area contributed by atoms with Gasteiger partial charge in [-0.25, -0.2) is 0 Å². The van der Waals surface area contributed by atoms with Gasteiger partial charge in [0.2, 0.25) is 5.91 Å². The average molecular weight is 440 g/mol. The van der Waals surface area contributed by atoms with E-state index in [1.165, 1.54) is 32.1 Å². The number of amides is 2. The monoisotopic (exact) mass is 438 g/mol. The molecule has 0 spiro atoms. The van der Waals surface area contributed by atoms with Crippen molar-refractivity contribution in [3.8, 4) is 0 Å². The second-order valence-corrected chi connectivity index (χ2v) is 10.7. The van der Waals surface area contributed by atoms with Gasteiger partial charge in [-0.1, -0.05) is 27.5 Å². The fraction of sp³-hybridized carbons (Fsp3) is 0.600. The number of rotatable bonds is 4. The zero-order valence-corrected chi connectivity index (χ0v) is 17.3. The Morgan fingerprint density at radius 1 is 1.23 bits per heavy atom. The molecular weight excluding hydrogens is 416 g/mol. The molecule has 4 aliphatic rings. The molecule has 4 nitrogen and oxygen atoms in total. The van der Waals surface area contributed by atoms with Gasteiger partial charge in [0.25, 0.3) is 5.91 Å². The third kappa shape index (κ3) is 3.40. The summed E-state index contributed by atoms with van der Waals surface area (Å²) in [6.45, 7) is 0. The standard InChI is InChI=1S/C20H24BrClN2O2/c1-23-18(26)15-5-14(2-3-16(15)22)24-17(25)10-19-6-12-4-13(7-19)9-20(21,8-12)11-19/h2-3,5,12-13H,4,6-11H2,1H3,(H,23,26)(H,24,25). The van der Waals surface area contributed by atoms with Crippen molar-refractivity contribution in [3.63, 3.8) is 0 Å². The molecule has 4 fully saturated rings. The first-order valence-corrected chi connectivity index (χ1v) is 10.5. The van der Waals surface area contributed by atoms with Crippen LogP contribution in [0.4, 0.5) is 5.69 Å². The van der Waals surface area contributed by atoms with Crippen molar-refractivity contribution in [3.05, 3.63) is 28.8 Å². The lowest BCUT2D eigenvalue weighted by Crippen LogP contribution is -2.53. The molecule has 5 rings (SSSR count). The molecule has 2 N–H and O–H groups in total. The number of nitrogens with one attached hydrogen (secondary N) is 2. The average Bonchev–Trinajstić information content (AvgIpc) is 2.53. The molecule has 4 saturated carbocycles. The fourth-order valence-corrected chi connectivity index (χ4v) is 7.71. The summed E-state index contributed by atoms with van der Waals surface area (Å²) in [5.74, 6) is 1.30. The van der Waals surface area contributed by atoms with Gasteiger partial charge in [-0.05, 0) is 74.0 Å². The second kappa shape index (κ2) is 6.52. The van der Waals surface area contributed by atoms with Crippen molar-refractivity contribution in [1.82, 2.24) is 5.32 Å². The highest BCUT2D eigenvalue weighted by molar-refractivity contribution is 9.10. The van der Waals surface area contributed by atoms with Crippen LogP contribution in [-0.4, -0.2) is 23.2 Å². The molecular formula is C20H24BrClN2O2. The first-order valence-electron chi connectivity index (χ1n) is 9.30. The molecule has 6 heteroatoms. The van der Waals surface area contributed by atoms with E-state index in [1.807, 2.05) is 0 Å². The number of carbonyl (C=O) groups is 2. The lowest BCUT2D eigenvalue weighted by atomic mass is 9.48. The summed E-state index contributed by atoms with van der Waals surface area (Å²) >= 11 is 10.1. The van der Waals surface area contributed by atoms with Crippen molar-refractivity contribution in [2.75, 3.05) is 12.4 Å². The molecule has 2 unspecified atom stereocenters. The van der Waals surface area contributed by atoms with Crippen LogP contribution in [0.25, 0.3) is 0 Å². The Labute approximate surface area is 167 Å². The highest BCUT2D eigenvalue weighted by Crippen LogP contribution is 2.65. The van der Waals surface area contributed by atoms with Crippen LogP contribution in [0.15, 0.2) is 18.2 Å². The van der Waals surface area contributed by atoms with Crippen molar-refractivity contribution in [2.24, 2.45) is 17.3 Å². The van der Waals surface area contributed by atoms with Gasteiger partial charge in [-0.2, -0.15) is 0 Å². The number of carbonyl (C=O) groups excluding carboxylic acids is 2. The highest BCUT2D eigenvalue weighted by Gasteiger charge is 2.57. The van der Waals surface area contributed by atoms with Gasteiger partial charge >= 0.3 is 0 Å². The molecule has 0 aromatic heterocycles. The van der Waals surface area contributed by atoms with E-state index in [-0.39, 0.29) is 21.6 Å². The van der Waals surface area contributed by atoms with Crippen molar-refractivity contribution < 1.29 is 9.59 Å². The van der Waals surface area contributed by atoms with Gasteiger partial charge in [0.05, 0.1) is 10.6 Å². The van der Waals surface area contributed by atoms with Gasteiger partial charge in [0.1, 0.15) is 0 Å². The van der Waals surface area contributed by atoms with Gasteiger partial charge < -0.3 is 10.6 Å². The van der Waals surface area contributed by atoms with Crippen LogP contribution in [0.2, 0.25) is 5.02 Å². The summed E-state index contributed by atoms with van der Waals surface area (Å²) in [4.78, 5) is 24.7. The number of anilines is 1. The minimum Gasteiger partial charge on any atom is -0.355 e. The first-order chi connectivity index (χ1) is 12.3. The van der Waals surface area contributed by atoms with E-state index in [0.717, 1.165) is 18.3 Å². The molecule has 4 bridgehead atoms. The summed E-state index contributed by atoms with van der Waals surface area (Å²) in [7, 11) is 1.56. The molecule has 2 amide bonds. The third-order valence-electron chi connectivity index (χ3n) is 6.37. The number of hydrogen-bond acceptors (Lipinski definition) is 2. The third-order valence-corrected chi connectivity index (χ3v) is 7.63. The van der Waals surface area contributed by atoms with Gasteiger partial charge in [0, 0.05) is 23.5 Å². The van der Waals surface area contributed by atoms with Crippen molar-refractivity contribution in [2.45, 2.75) is 49.3 Å². The number of alkyl halides is 1. The molecule has 1 aromatic rings. The van der Waals surface area contributed by atoms with Crippen LogP contribution in [0.5, 0.6) is 0 Å². The number of hydrogen-bond donors (Lipinski definition) is 2. The number of halogens is 2. The molecule has 1 aromatic carbocycles. The summed E-state index contributed by atoms with van der Waals surface area (Å²) in [5, 5.41) is 5.93. The van der Waals surface area contributed by atoms with E-state index in [4.69, 9.17) is 11.6 Å². The van der Waals surface area contributed by atoms with Crippen LogP contribution < -0.4 is 10.6 Å². The molecule has 2 atom stereocenters. The minimum atomic E-state index is -0.256. The predicted molar refractivity (Wildman–Crippen MR) is 107 cm³/mol. The Morgan fingerprint density at radius 3 is 2.54 bits per heavy atom. The van der Waals surface area contributed by atoms with Crippen LogP contribution in [0.1, 0.15) is 55.3 Å². The van der Waals surface area contributed by atoms with Crippen LogP contribution in [-0.2, 0) is 4.79 Å². The Bertz CT molecular complexity index is 752. The lowest BCUT2D eigenvalue weighted by molar-refractivity contribution is -0.123. The maximum Gasteiger partial charge on any atom is 0.252 e. The van der Waals surface area contributed by atoms with E-state index in [0.29, 0.717) is 22.7 Å². The van der Waals surface area contributed by atoms with Gasteiger partial charge in [-0.15, -0.1) is 0 Å². The Balaban J connectivity index is 1.47. The largest absolute Gasteiger partial charge is 0.355 e. The number of benzene rings is 1. The Hall–Kier alpha value is -1.07. The van der Waals surface area contributed by atoms with E-state index in [9.17, 15) is 9.59 Å². The minimum absolute atomic E-state index is 0.0354. The summed E-state index contributed by atoms with van der Waals surface area (Å²) in [5.41, 5.74) is 1.13. The topological polar surface area (TPSA) is 58.2 Å². The van der Waals surface area contributed by atoms with E-state index in [2.05, 4.69) is 26.6 Å². The van der Waals surface area contributed by atoms with Crippen molar-refractivity contribution >= 4 is 45.0 Å². The molecule has 0 radical (unpaired) electrons. The lowest BCUT2D eigenvalue weighted by Gasteiger charge is -2.60. The second-order valence-electron chi connectivity index (χ2n) is 8.61. The molecule has 140 valence electrons. The maximum absolute atomic E-state index is 12.8. The predicted octanol–water partition coefficient (Wildman–Crippen LogP) is 4.76. The van der Waals surface area contributed by atoms with E-state index < -0.39 is 0 Å². The summed E-state index contributed by atoms with van der Waals surface area (Å²) in [6, 6.07) is 5.04. The maximum atomic E-state index is 12.8. The van der Waals surface area contributed by atoms with Crippen LogP contribution in [0.3, 0.4) is 0 Å². The van der Waals surface area contributed by atoms with Crippen LogP contribution >= 0.6 is 27.5 Å². The van der Waals surface area contributed by atoms with Gasteiger partial charge in [0.15, 0.2) is 0 Å². The molecule has 0 aliphatic heterocycles. The van der Waals surface area contributed by atoms with Gasteiger partial charge in [-0.3, -0.25) is 9.59 Å². The smallest absolute Gasteiger partial charge is 0.252 e. The van der Waals surface area contributed by atoms with E-state index in [1.54, 1.807) is 25.2 Å². The highest BCUT2D eigenvalue weighted by atomic mass is 79.9. The summed E-state index contributed by atoms with van der Waals surface area (Å²) in [6.07, 6.45) is 7.88. The molecule has 26 heavy (non-hydrogen) atoms. The fourth-order valence-electron chi connectivity index (χ4n) is 6.00. The van der Waals surface area contributed by atoms with Crippen LogP contribution in [0, 0.1) is 17.3 Å². The quantitative estimate of drug-likeness (QED) is 0.664. The first kappa shape index (κ1) is 18.3.